The van der Waals surface area contributed by atoms with Gasteiger partial charge in [0, 0.05) is 6.61 Å². The minimum Gasteiger partial charge on any atom is -0.379 e. The van der Waals surface area contributed by atoms with Crippen molar-refractivity contribution in [3.05, 3.63) is 17.4 Å². The molecule has 1 atom stereocenters. The van der Waals surface area contributed by atoms with E-state index in [-0.39, 0.29) is 0 Å². The van der Waals surface area contributed by atoms with Crippen molar-refractivity contribution in [3.8, 4) is 0 Å². The maximum absolute atomic E-state index is 5.68. The Labute approximate surface area is 87.7 Å². The van der Waals surface area contributed by atoms with Crippen LogP contribution in [0.2, 0.25) is 5.02 Å². The maximum Gasteiger partial charge on any atom is 0.222 e. The van der Waals surface area contributed by atoms with E-state index in [0.29, 0.717) is 17.0 Å². The normalized spacial score (nSPS) is 21.9. The van der Waals surface area contributed by atoms with Gasteiger partial charge in [-0.2, -0.15) is 0 Å². The zero-order valence-electron chi connectivity index (χ0n) is 7.74. The monoisotopic (exact) mass is 213 g/mol. The Balaban J connectivity index is 1.92. The highest BCUT2D eigenvalue weighted by atomic mass is 35.5. The van der Waals surface area contributed by atoms with Crippen molar-refractivity contribution < 1.29 is 4.74 Å². The largest absolute Gasteiger partial charge is 0.379 e. The molecule has 0 spiro atoms. The van der Waals surface area contributed by atoms with Crippen molar-refractivity contribution in [1.82, 2.24) is 9.97 Å². The Kier molecular flexibility index (Phi) is 3.16. The van der Waals surface area contributed by atoms with Crippen LogP contribution >= 0.6 is 11.6 Å². The molecule has 0 aliphatic carbocycles. The van der Waals surface area contributed by atoms with Crippen LogP contribution in [0.15, 0.2) is 12.4 Å². The molecule has 0 bridgehead atoms. The Bertz CT molecular complexity index is 285. The van der Waals surface area contributed by atoms with Gasteiger partial charge in [0.1, 0.15) is 0 Å². The SMILES string of the molecule is Clc1cnc(NC2CCCOC2)nc1. The number of aromatic nitrogens is 2. The Morgan fingerprint density at radius 1 is 1.43 bits per heavy atom. The Hall–Kier alpha value is -0.870. The van der Waals surface area contributed by atoms with Crippen LogP contribution in [0.25, 0.3) is 0 Å². The molecule has 2 rings (SSSR count). The lowest BCUT2D eigenvalue weighted by Gasteiger charge is -2.22. The third-order valence-corrected chi connectivity index (χ3v) is 2.31. The quantitative estimate of drug-likeness (QED) is 0.813. The molecule has 1 fully saturated rings. The molecule has 1 aliphatic heterocycles. The molecular weight excluding hydrogens is 202 g/mol. The summed E-state index contributed by atoms with van der Waals surface area (Å²) in [6.07, 6.45) is 5.36. The molecule has 5 heteroatoms. The molecule has 0 radical (unpaired) electrons. The Morgan fingerprint density at radius 2 is 2.21 bits per heavy atom. The van der Waals surface area contributed by atoms with Gasteiger partial charge < -0.3 is 10.1 Å². The van der Waals surface area contributed by atoms with Crippen LogP contribution in [0.5, 0.6) is 0 Å². The van der Waals surface area contributed by atoms with E-state index in [4.69, 9.17) is 16.3 Å². The van der Waals surface area contributed by atoms with E-state index in [1.54, 1.807) is 12.4 Å². The zero-order chi connectivity index (χ0) is 9.80. The van der Waals surface area contributed by atoms with E-state index in [1.165, 1.54) is 0 Å². The third-order valence-electron chi connectivity index (χ3n) is 2.11. The summed E-state index contributed by atoms with van der Waals surface area (Å²) in [5.41, 5.74) is 0. The first-order valence-corrected chi connectivity index (χ1v) is 5.04. The van der Waals surface area contributed by atoms with Crippen LogP contribution in [-0.2, 0) is 4.74 Å². The summed E-state index contributed by atoms with van der Waals surface area (Å²) in [4.78, 5) is 8.13. The highest BCUT2D eigenvalue weighted by Gasteiger charge is 2.13. The van der Waals surface area contributed by atoms with Crippen LogP contribution in [0, 0.1) is 0 Å². The van der Waals surface area contributed by atoms with Crippen molar-refractivity contribution in [1.29, 1.82) is 0 Å². The predicted molar refractivity (Wildman–Crippen MR) is 54.5 cm³/mol. The van der Waals surface area contributed by atoms with Gasteiger partial charge in [0.05, 0.1) is 30.1 Å². The summed E-state index contributed by atoms with van der Waals surface area (Å²) in [6, 6.07) is 0.324. The summed E-state index contributed by atoms with van der Waals surface area (Å²) in [6.45, 7) is 1.59. The van der Waals surface area contributed by atoms with Gasteiger partial charge in [-0.25, -0.2) is 9.97 Å². The maximum atomic E-state index is 5.68. The lowest BCUT2D eigenvalue weighted by atomic mass is 10.1. The summed E-state index contributed by atoms with van der Waals surface area (Å²) in [7, 11) is 0. The zero-order valence-corrected chi connectivity index (χ0v) is 8.50. The predicted octanol–water partition coefficient (Wildman–Crippen LogP) is 1.72. The molecule has 1 aromatic rings. The standard InChI is InChI=1S/C9H12ClN3O/c10-7-4-11-9(12-5-7)13-8-2-1-3-14-6-8/h4-5,8H,1-3,6H2,(H,11,12,13). The van der Waals surface area contributed by atoms with Crippen LogP contribution in [0.4, 0.5) is 5.95 Å². The van der Waals surface area contributed by atoms with E-state index < -0.39 is 0 Å². The molecule has 0 saturated carbocycles. The molecule has 1 saturated heterocycles. The van der Waals surface area contributed by atoms with Gasteiger partial charge in [-0.15, -0.1) is 0 Å². The number of halogens is 1. The van der Waals surface area contributed by atoms with Crippen LogP contribution in [0.3, 0.4) is 0 Å². The van der Waals surface area contributed by atoms with Gasteiger partial charge in [0.15, 0.2) is 0 Å². The smallest absolute Gasteiger partial charge is 0.222 e. The molecule has 1 unspecified atom stereocenters. The minimum absolute atomic E-state index is 0.324. The first-order valence-electron chi connectivity index (χ1n) is 4.66. The summed E-state index contributed by atoms with van der Waals surface area (Å²) in [5, 5.41) is 3.75. The molecule has 4 nitrogen and oxygen atoms in total. The fourth-order valence-electron chi connectivity index (χ4n) is 1.42. The van der Waals surface area contributed by atoms with Gasteiger partial charge in [-0.1, -0.05) is 11.6 Å². The van der Waals surface area contributed by atoms with Crippen LogP contribution < -0.4 is 5.32 Å². The Morgan fingerprint density at radius 3 is 2.86 bits per heavy atom. The van der Waals surface area contributed by atoms with Crippen molar-refractivity contribution >= 4 is 17.5 Å². The van der Waals surface area contributed by atoms with Gasteiger partial charge in [-0.05, 0) is 12.8 Å². The topological polar surface area (TPSA) is 47.0 Å². The lowest BCUT2D eigenvalue weighted by Crippen LogP contribution is -2.30. The van der Waals surface area contributed by atoms with Gasteiger partial charge in [0.2, 0.25) is 5.95 Å². The van der Waals surface area contributed by atoms with E-state index in [2.05, 4.69) is 15.3 Å². The van der Waals surface area contributed by atoms with E-state index >= 15 is 0 Å². The molecule has 0 amide bonds. The molecule has 2 heterocycles. The average molecular weight is 214 g/mol. The lowest BCUT2D eigenvalue weighted by molar-refractivity contribution is 0.0874. The fraction of sp³-hybridized carbons (Fsp3) is 0.556. The van der Waals surface area contributed by atoms with Crippen molar-refractivity contribution in [2.75, 3.05) is 18.5 Å². The van der Waals surface area contributed by atoms with E-state index in [0.717, 1.165) is 26.1 Å². The van der Waals surface area contributed by atoms with Gasteiger partial charge in [0.25, 0.3) is 0 Å². The number of hydrogen-bond acceptors (Lipinski definition) is 4. The fourth-order valence-corrected chi connectivity index (χ4v) is 1.52. The first kappa shape index (κ1) is 9.68. The summed E-state index contributed by atoms with van der Waals surface area (Å²) >= 11 is 5.68. The number of anilines is 1. The molecular formula is C9H12ClN3O. The molecule has 14 heavy (non-hydrogen) atoms. The molecule has 76 valence electrons. The van der Waals surface area contributed by atoms with E-state index in [1.807, 2.05) is 0 Å². The number of nitrogens with zero attached hydrogens (tertiary/aromatic N) is 2. The summed E-state index contributed by atoms with van der Waals surface area (Å²) < 4.78 is 5.33. The van der Waals surface area contributed by atoms with Crippen molar-refractivity contribution in [3.63, 3.8) is 0 Å². The second-order valence-electron chi connectivity index (χ2n) is 3.28. The second-order valence-corrected chi connectivity index (χ2v) is 3.72. The first-order chi connectivity index (χ1) is 6.84. The van der Waals surface area contributed by atoms with Gasteiger partial charge >= 0.3 is 0 Å². The number of ether oxygens (including phenoxy) is 1. The van der Waals surface area contributed by atoms with Crippen molar-refractivity contribution in [2.24, 2.45) is 0 Å². The molecule has 1 aromatic heterocycles. The molecule has 0 aromatic carbocycles. The number of nitrogens with one attached hydrogen (secondary N) is 1. The van der Waals surface area contributed by atoms with Crippen LogP contribution in [0.1, 0.15) is 12.8 Å². The van der Waals surface area contributed by atoms with Crippen LogP contribution in [-0.4, -0.2) is 29.2 Å². The minimum atomic E-state index is 0.324. The third kappa shape index (κ3) is 2.56. The molecule has 1 N–H and O–H groups in total. The van der Waals surface area contributed by atoms with Crippen molar-refractivity contribution in [2.45, 2.75) is 18.9 Å². The highest BCUT2D eigenvalue weighted by molar-refractivity contribution is 6.30. The van der Waals surface area contributed by atoms with E-state index in [9.17, 15) is 0 Å². The van der Waals surface area contributed by atoms with Gasteiger partial charge in [-0.3, -0.25) is 0 Å². The number of rotatable bonds is 2. The molecule has 1 aliphatic rings. The number of hydrogen-bond donors (Lipinski definition) is 1. The average Bonchev–Trinajstić information content (AvgIpc) is 2.23. The summed E-state index contributed by atoms with van der Waals surface area (Å²) in [5.74, 6) is 0.616. The highest BCUT2D eigenvalue weighted by Crippen LogP contribution is 2.11. The second kappa shape index (κ2) is 4.57.